The highest BCUT2D eigenvalue weighted by Gasteiger charge is 2.23. The summed E-state index contributed by atoms with van der Waals surface area (Å²) in [6.07, 6.45) is 1.59. The third-order valence-corrected chi connectivity index (χ3v) is 3.83. The third-order valence-electron chi connectivity index (χ3n) is 3.83. The second kappa shape index (κ2) is 7.49. The zero-order chi connectivity index (χ0) is 16.1. The number of nitrogens with one attached hydrogen (secondary N) is 1. The second-order valence-corrected chi connectivity index (χ2v) is 6.03. The van der Waals surface area contributed by atoms with E-state index < -0.39 is 6.04 Å². The summed E-state index contributed by atoms with van der Waals surface area (Å²) in [5.74, 6) is 1.64. The van der Waals surface area contributed by atoms with E-state index in [-0.39, 0.29) is 17.9 Å². The zero-order valence-corrected chi connectivity index (χ0v) is 13.6. The molecule has 1 amide bonds. The Bertz CT molecular complexity index is 517. The van der Waals surface area contributed by atoms with Crippen molar-refractivity contribution in [2.75, 3.05) is 13.2 Å². The number of fused-ring (bicyclic) bond motifs is 1. The van der Waals surface area contributed by atoms with Crippen LogP contribution >= 0.6 is 0 Å². The molecular formula is C17H26N2O3. The zero-order valence-electron chi connectivity index (χ0n) is 13.6. The van der Waals surface area contributed by atoms with Crippen molar-refractivity contribution in [1.29, 1.82) is 0 Å². The van der Waals surface area contributed by atoms with Crippen LogP contribution in [-0.4, -0.2) is 25.2 Å². The van der Waals surface area contributed by atoms with Crippen molar-refractivity contribution in [2.45, 2.75) is 45.7 Å². The highest BCUT2D eigenvalue weighted by molar-refractivity contribution is 5.81. The number of ether oxygens (including phenoxy) is 2. The van der Waals surface area contributed by atoms with E-state index in [1.165, 1.54) is 0 Å². The Hall–Kier alpha value is -1.75. The number of hydrogen-bond donors (Lipinski definition) is 2. The predicted molar refractivity (Wildman–Crippen MR) is 86.0 cm³/mol. The van der Waals surface area contributed by atoms with Gasteiger partial charge in [0.2, 0.25) is 5.91 Å². The first kappa shape index (κ1) is 16.6. The van der Waals surface area contributed by atoms with Crippen LogP contribution in [0.2, 0.25) is 0 Å². The first-order valence-electron chi connectivity index (χ1n) is 7.98. The molecule has 1 aromatic carbocycles. The Morgan fingerprint density at radius 2 is 1.95 bits per heavy atom. The van der Waals surface area contributed by atoms with Crippen LogP contribution in [0, 0.1) is 5.92 Å². The lowest BCUT2D eigenvalue weighted by atomic mass is 9.95. The smallest absolute Gasteiger partial charge is 0.237 e. The minimum atomic E-state index is -0.455. The monoisotopic (exact) mass is 306 g/mol. The summed E-state index contributed by atoms with van der Waals surface area (Å²) in [4.78, 5) is 12.2. The first-order valence-corrected chi connectivity index (χ1v) is 7.98. The Kier molecular flexibility index (Phi) is 5.66. The van der Waals surface area contributed by atoms with Crippen LogP contribution in [0.4, 0.5) is 0 Å². The van der Waals surface area contributed by atoms with Gasteiger partial charge in [-0.05, 0) is 30.0 Å². The van der Waals surface area contributed by atoms with Crippen LogP contribution in [0.3, 0.4) is 0 Å². The van der Waals surface area contributed by atoms with Crippen molar-refractivity contribution >= 4 is 5.91 Å². The van der Waals surface area contributed by atoms with E-state index in [1.54, 1.807) is 0 Å². The van der Waals surface area contributed by atoms with E-state index in [4.69, 9.17) is 15.2 Å². The van der Waals surface area contributed by atoms with Crippen LogP contribution < -0.4 is 20.5 Å². The van der Waals surface area contributed by atoms with Crippen LogP contribution in [0.1, 0.15) is 45.2 Å². The first-order chi connectivity index (χ1) is 10.5. The molecule has 0 fully saturated rings. The molecule has 3 N–H and O–H groups in total. The molecule has 5 heteroatoms. The van der Waals surface area contributed by atoms with Gasteiger partial charge in [0, 0.05) is 0 Å². The summed E-state index contributed by atoms with van der Waals surface area (Å²) in [6.45, 7) is 7.30. The largest absolute Gasteiger partial charge is 0.486 e. The number of benzene rings is 1. The summed E-state index contributed by atoms with van der Waals surface area (Å²) in [7, 11) is 0. The topological polar surface area (TPSA) is 73.6 Å². The van der Waals surface area contributed by atoms with Gasteiger partial charge in [-0.2, -0.15) is 0 Å². The summed E-state index contributed by atoms with van der Waals surface area (Å²) in [5, 5.41) is 3.06. The van der Waals surface area contributed by atoms with Gasteiger partial charge in [-0.3, -0.25) is 4.79 Å². The number of nitrogens with two attached hydrogens (primary N) is 1. The van der Waals surface area contributed by atoms with Gasteiger partial charge >= 0.3 is 0 Å². The highest BCUT2D eigenvalue weighted by Crippen LogP contribution is 2.34. The van der Waals surface area contributed by atoms with Crippen LogP contribution in [0.25, 0.3) is 0 Å². The molecule has 0 saturated heterocycles. The van der Waals surface area contributed by atoms with E-state index in [0.29, 0.717) is 19.6 Å². The van der Waals surface area contributed by atoms with Crippen LogP contribution in [0.15, 0.2) is 18.2 Å². The molecule has 1 aliphatic rings. The molecule has 5 nitrogen and oxygen atoms in total. The van der Waals surface area contributed by atoms with E-state index >= 15 is 0 Å². The van der Waals surface area contributed by atoms with Crippen LogP contribution in [0.5, 0.6) is 11.5 Å². The van der Waals surface area contributed by atoms with Gasteiger partial charge in [0.25, 0.3) is 0 Å². The van der Waals surface area contributed by atoms with E-state index in [1.807, 2.05) is 25.1 Å². The van der Waals surface area contributed by atoms with Gasteiger partial charge in [-0.15, -0.1) is 0 Å². The van der Waals surface area contributed by atoms with Crippen molar-refractivity contribution in [3.8, 4) is 11.5 Å². The fourth-order valence-electron chi connectivity index (χ4n) is 2.59. The maximum absolute atomic E-state index is 12.2. The molecule has 0 spiro atoms. The molecule has 2 unspecified atom stereocenters. The molecule has 122 valence electrons. The molecule has 1 aliphatic heterocycles. The van der Waals surface area contributed by atoms with Gasteiger partial charge in [-0.1, -0.05) is 33.3 Å². The molecule has 2 atom stereocenters. The van der Waals surface area contributed by atoms with E-state index in [0.717, 1.165) is 23.5 Å². The summed E-state index contributed by atoms with van der Waals surface area (Å²) < 4.78 is 11.2. The third kappa shape index (κ3) is 3.91. The van der Waals surface area contributed by atoms with Gasteiger partial charge in [0.15, 0.2) is 11.5 Å². The molecule has 2 rings (SSSR count). The number of carbonyl (C=O) groups excluding carboxylic acids is 1. The number of carbonyl (C=O) groups is 1. The summed E-state index contributed by atoms with van der Waals surface area (Å²) in [5.41, 5.74) is 6.92. The average molecular weight is 306 g/mol. The number of amides is 1. The quantitative estimate of drug-likeness (QED) is 0.846. The SMILES string of the molecule is CCCC(N)C(=O)NC(c1ccc2c(c1)OCCO2)C(C)C. The number of rotatable bonds is 6. The Balaban J connectivity index is 2.16. The van der Waals surface area contributed by atoms with Crippen molar-refractivity contribution in [3.05, 3.63) is 23.8 Å². The number of hydrogen-bond acceptors (Lipinski definition) is 4. The minimum absolute atomic E-state index is 0.0915. The van der Waals surface area contributed by atoms with E-state index in [9.17, 15) is 4.79 Å². The highest BCUT2D eigenvalue weighted by atomic mass is 16.6. The summed E-state index contributed by atoms with van der Waals surface area (Å²) in [6, 6.07) is 5.28. The Labute approximate surface area is 132 Å². The Morgan fingerprint density at radius 1 is 1.27 bits per heavy atom. The second-order valence-electron chi connectivity index (χ2n) is 6.03. The molecule has 0 aromatic heterocycles. The summed E-state index contributed by atoms with van der Waals surface area (Å²) >= 11 is 0. The van der Waals surface area contributed by atoms with Gasteiger partial charge in [0.1, 0.15) is 13.2 Å². The predicted octanol–water partition coefficient (Wildman–Crippen LogP) is 2.40. The lowest BCUT2D eigenvalue weighted by Crippen LogP contribution is -2.43. The van der Waals surface area contributed by atoms with Crippen molar-refractivity contribution in [1.82, 2.24) is 5.32 Å². The van der Waals surface area contributed by atoms with Gasteiger partial charge in [0.05, 0.1) is 12.1 Å². The van der Waals surface area contributed by atoms with Gasteiger partial charge < -0.3 is 20.5 Å². The molecular weight excluding hydrogens is 280 g/mol. The Morgan fingerprint density at radius 3 is 2.59 bits per heavy atom. The maximum atomic E-state index is 12.2. The van der Waals surface area contributed by atoms with Crippen LogP contribution in [-0.2, 0) is 4.79 Å². The molecule has 0 aliphatic carbocycles. The minimum Gasteiger partial charge on any atom is -0.486 e. The molecule has 0 saturated carbocycles. The average Bonchev–Trinajstić information content (AvgIpc) is 2.51. The standard InChI is InChI=1S/C17H26N2O3/c1-4-5-13(18)17(20)19-16(11(2)3)12-6-7-14-15(10-12)22-9-8-21-14/h6-7,10-11,13,16H,4-5,8-9,18H2,1-3H3,(H,19,20). The molecule has 0 bridgehead atoms. The maximum Gasteiger partial charge on any atom is 0.237 e. The normalized spacial score (nSPS) is 16.2. The molecule has 0 radical (unpaired) electrons. The van der Waals surface area contributed by atoms with Crippen molar-refractivity contribution in [2.24, 2.45) is 11.7 Å². The molecule has 22 heavy (non-hydrogen) atoms. The van der Waals surface area contributed by atoms with Crippen molar-refractivity contribution in [3.63, 3.8) is 0 Å². The van der Waals surface area contributed by atoms with Crippen molar-refractivity contribution < 1.29 is 14.3 Å². The fourth-order valence-corrected chi connectivity index (χ4v) is 2.59. The fraction of sp³-hybridized carbons (Fsp3) is 0.588. The lowest BCUT2D eigenvalue weighted by molar-refractivity contribution is -0.123. The van der Waals surface area contributed by atoms with Gasteiger partial charge in [-0.25, -0.2) is 0 Å². The molecule has 1 aromatic rings. The van der Waals surface area contributed by atoms with E-state index in [2.05, 4.69) is 19.2 Å². The lowest BCUT2D eigenvalue weighted by Gasteiger charge is -2.26. The molecule has 1 heterocycles.